The molecule has 2 N–H and O–H groups in total. The Bertz CT molecular complexity index is 1390. The third-order valence-corrected chi connectivity index (χ3v) is 7.40. The summed E-state index contributed by atoms with van der Waals surface area (Å²) >= 11 is 0.901. The maximum atomic E-state index is 12.8. The Morgan fingerprint density at radius 3 is 2.27 bits per heavy atom. The van der Waals surface area contributed by atoms with Gasteiger partial charge in [0.2, 0.25) is 14.8 Å². The molecule has 1 aromatic heterocycles. The average Bonchev–Trinajstić information content (AvgIpc) is 3.02. The molecule has 0 bridgehead atoms. The van der Waals surface area contributed by atoms with Crippen LogP contribution in [0.25, 0.3) is 10.2 Å². The molecule has 0 saturated carbocycles. The Hall–Kier alpha value is -2.74. The molecule has 0 aliphatic heterocycles. The van der Waals surface area contributed by atoms with E-state index in [2.05, 4.69) is 9.13 Å². The van der Waals surface area contributed by atoms with Crippen molar-refractivity contribution in [1.82, 2.24) is 4.57 Å². The Morgan fingerprint density at radius 2 is 1.70 bits per heavy atom. The van der Waals surface area contributed by atoms with E-state index in [-0.39, 0.29) is 21.1 Å². The van der Waals surface area contributed by atoms with Gasteiger partial charge in [0.1, 0.15) is 12.3 Å². The lowest BCUT2D eigenvalue weighted by Gasteiger charge is -2.05. The fraction of sp³-hybridized carbons (Fsp3) is 0.176. The number of methoxy groups -OCH3 is 2. The van der Waals surface area contributed by atoms with Crippen molar-refractivity contribution < 1.29 is 31.1 Å². The number of rotatable bonds is 6. The van der Waals surface area contributed by atoms with Crippen molar-refractivity contribution in [2.45, 2.75) is 16.3 Å². The lowest BCUT2D eigenvalue weighted by molar-refractivity contribution is -0.141. The number of thiazole rings is 1. The predicted molar refractivity (Wildman–Crippen MR) is 109 cm³/mol. The average molecular weight is 472 g/mol. The van der Waals surface area contributed by atoms with E-state index in [4.69, 9.17) is 9.88 Å². The minimum absolute atomic E-state index is 0.0298. The van der Waals surface area contributed by atoms with E-state index in [0.717, 1.165) is 11.3 Å². The second kappa shape index (κ2) is 8.18. The highest BCUT2D eigenvalue weighted by Crippen LogP contribution is 2.23. The first-order valence-electron chi connectivity index (χ1n) is 8.23. The maximum Gasteiger partial charge on any atom is 0.325 e. The molecule has 13 heteroatoms. The van der Waals surface area contributed by atoms with Crippen molar-refractivity contribution in [2.75, 3.05) is 14.2 Å². The molecule has 0 saturated heterocycles. The quantitative estimate of drug-likeness (QED) is 0.524. The van der Waals surface area contributed by atoms with Crippen LogP contribution in [-0.2, 0) is 36.1 Å². The second-order valence-corrected chi connectivity index (χ2v) is 10.1. The van der Waals surface area contributed by atoms with Crippen molar-refractivity contribution in [3.63, 3.8) is 0 Å². The van der Waals surface area contributed by atoms with Crippen LogP contribution in [-0.4, -0.2) is 41.6 Å². The van der Waals surface area contributed by atoms with E-state index >= 15 is 0 Å². The number of carbonyl (C=O) groups excluding carboxylic acids is 1. The number of primary sulfonamides is 1. The Balaban J connectivity index is 2.23. The number of hydrogen-bond acceptors (Lipinski definition) is 8. The van der Waals surface area contributed by atoms with Crippen LogP contribution < -0.4 is 14.7 Å². The monoisotopic (exact) mass is 471 g/mol. The summed E-state index contributed by atoms with van der Waals surface area (Å²) in [5.74, 6) is -0.152. The number of benzene rings is 2. The molecule has 0 spiro atoms. The molecule has 0 aliphatic carbocycles. The topological polar surface area (TPSA) is 147 Å². The molecular weight excluding hydrogens is 454 g/mol. The molecule has 3 rings (SSSR count). The molecule has 30 heavy (non-hydrogen) atoms. The van der Waals surface area contributed by atoms with Gasteiger partial charge in [0.05, 0.1) is 34.2 Å². The summed E-state index contributed by atoms with van der Waals surface area (Å²) < 4.78 is 64.1. The van der Waals surface area contributed by atoms with Crippen LogP contribution >= 0.6 is 11.3 Å². The predicted octanol–water partition coefficient (Wildman–Crippen LogP) is 0.821. The van der Waals surface area contributed by atoms with Gasteiger partial charge >= 0.3 is 5.97 Å². The first-order chi connectivity index (χ1) is 14.0. The summed E-state index contributed by atoms with van der Waals surface area (Å²) in [5, 5.41) is 5.16. The van der Waals surface area contributed by atoms with Gasteiger partial charge in [-0.3, -0.25) is 4.79 Å². The van der Waals surface area contributed by atoms with Crippen LogP contribution in [0.3, 0.4) is 0 Å². The van der Waals surface area contributed by atoms with E-state index in [1.54, 1.807) is 0 Å². The molecule has 3 aromatic rings. The van der Waals surface area contributed by atoms with E-state index in [1.807, 2.05) is 0 Å². The fourth-order valence-electron chi connectivity index (χ4n) is 2.55. The van der Waals surface area contributed by atoms with Gasteiger partial charge in [-0.25, -0.2) is 13.6 Å². The minimum atomic E-state index is -4.13. The first kappa shape index (κ1) is 22.0. The highest BCUT2D eigenvalue weighted by atomic mass is 32.2. The normalized spacial score (nSPS) is 12.8. The molecule has 0 radical (unpaired) electrons. The lowest BCUT2D eigenvalue weighted by atomic mass is 10.3. The van der Waals surface area contributed by atoms with E-state index in [1.165, 1.54) is 61.3 Å². The van der Waals surface area contributed by atoms with Crippen LogP contribution in [0.2, 0.25) is 0 Å². The molecule has 0 atom stereocenters. The fourth-order valence-corrected chi connectivity index (χ4v) is 5.44. The highest BCUT2D eigenvalue weighted by molar-refractivity contribution is 7.90. The molecule has 1 heterocycles. The van der Waals surface area contributed by atoms with Crippen molar-refractivity contribution in [3.05, 3.63) is 47.3 Å². The number of aromatic nitrogens is 1. The number of sulfonamides is 2. The second-order valence-electron chi connectivity index (χ2n) is 5.96. The molecule has 0 aliphatic rings. The number of nitrogens with zero attached hydrogens (tertiary/aromatic N) is 2. The number of fused-ring (bicyclic) bond motifs is 1. The zero-order valence-corrected chi connectivity index (χ0v) is 18.3. The molecular formula is C17H17N3O7S3. The number of carbonyl (C=O) groups is 1. The van der Waals surface area contributed by atoms with E-state index in [9.17, 15) is 21.6 Å². The standard InChI is InChI=1S/C17H17N3O7S3/c1-26-11-3-5-12(6-4-11)30(24,25)19-17-20(10-16(21)27-2)14-8-7-13(29(18,22)23)9-15(14)28-17/h3-9H,10H2,1-2H3,(H2,18,22,23)/b19-17-. The van der Waals surface area contributed by atoms with Gasteiger partial charge in [-0.05, 0) is 42.5 Å². The minimum Gasteiger partial charge on any atom is -0.497 e. The SMILES string of the molecule is COC(=O)Cn1/c(=N/S(=O)(=O)c2ccc(OC)cc2)sc2cc(S(N)(=O)=O)ccc21. The molecule has 0 amide bonds. The number of esters is 1. The van der Waals surface area contributed by atoms with Crippen molar-refractivity contribution >= 4 is 47.6 Å². The van der Waals surface area contributed by atoms with Gasteiger partial charge in [-0.1, -0.05) is 11.3 Å². The summed E-state index contributed by atoms with van der Waals surface area (Å²) in [5.41, 5.74) is 0.404. The van der Waals surface area contributed by atoms with Crippen molar-refractivity contribution in [1.29, 1.82) is 0 Å². The molecule has 10 nitrogen and oxygen atoms in total. The summed E-state index contributed by atoms with van der Waals surface area (Å²) in [6, 6.07) is 9.63. The van der Waals surface area contributed by atoms with Crippen LogP contribution in [0.4, 0.5) is 0 Å². The molecule has 0 unspecified atom stereocenters. The lowest BCUT2D eigenvalue weighted by Crippen LogP contribution is -2.22. The Kier molecular flexibility index (Phi) is 5.99. The van der Waals surface area contributed by atoms with Gasteiger partial charge in [0.15, 0.2) is 0 Å². The summed E-state index contributed by atoms with van der Waals surface area (Å²) in [6.45, 7) is -0.317. The van der Waals surface area contributed by atoms with Crippen LogP contribution in [0, 0.1) is 0 Å². The van der Waals surface area contributed by atoms with Gasteiger partial charge in [0.25, 0.3) is 10.0 Å². The van der Waals surface area contributed by atoms with Crippen molar-refractivity contribution in [3.8, 4) is 5.75 Å². The van der Waals surface area contributed by atoms with E-state index in [0.29, 0.717) is 16.0 Å². The number of hydrogen-bond donors (Lipinski definition) is 1. The third kappa shape index (κ3) is 4.53. The van der Waals surface area contributed by atoms with E-state index < -0.39 is 26.0 Å². The first-order valence-corrected chi connectivity index (χ1v) is 12.0. The largest absolute Gasteiger partial charge is 0.497 e. The van der Waals surface area contributed by atoms with Gasteiger partial charge in [-0.2, -0.15) is 8.42 Å². The maximum absolute atomic E-state index is 12.8. The third-order valence-electron chi connectivity index (χ3n) is 4.05. The summed E-state index contributed by atoms with van der Waals surface area (Å²) in [6.07, 6.45) is 0. The van der Waals surface area contributed by atoms with Gasteiger partial charge in [0, 0.05) is 0 Å². The molecule has 160 valence electrons. The van der Waals surface area contributed by atoms with Crippen LogP contribution in [0.15, 0.2) is 56.7 Å². The van der Waals surface area contributed by atoms with Crippen LogP contribution in [0.1, 0.15) is 0 Å². The van der Waals surface area contributed by atoms with Gasteiger partial charge < -0.3 is 14.0 Å². The Morgan fingerprint density at radius 1 is 1.07 bits per heavy atom. The Labute approximate surface area is 176 Å². The smallest absolute Gasteiger partial charge is 0.325 e. The summed E-state index contributed by atoms with van der Waals surface area (Å²) in [7, 11) is -5.44. The van der Waals surface area contributed by atoms with Crippen molar-refractivity contribution in [2.24, 2.45) is 9.54 Å². The number of nitrogens with two attached hydrogens (primary N) is 1. The van der Waals surface area contributed by atoms with Crippen LogP contribution in [0.5, 0.6) is 5.75 Å². The number of ether oxygens (including phenoxy) is 2. The van der Waals surface area contributed by atoms with Gasteiger partial charge in [-0.15, -0.1) is 4.40 Å². The molecule has 0 fully saturated rings. The zero-order valence-electron chi connectivity index (χ0n) is 15.8. The summed E-state index contributed by atoms with van der Waals surface area (Å²) in [4.78, 5) is 11.6. The highest BCUT2D eigenvalue weighted by Gasteiger charge is 2.18. The molecule has 2 aromatic carbocycles. The zero-order chi connectivity index (χ0) is 22.1.